The Kier molecular flexibility index (Phi) is 3.26. The van der Waals surface area contributed by atoms with Gasteiger partial charge in [0.05, 0.1) is 10.7 Å². The summed E-state index contributed by atoms with van der Waals surface area (Å²) in [4.78, 5) is 3.89. The quantitative estimate of drug-likeness (QED) is 0.906. The molecule has 16 heavy (non-hydrogen) atoms. The molecular formula is C11H11BrN2O2. The molecule has 0 aliphatic carbocycles. The molecule has 3 N–H and O–H groups in total. The number of aromatic nitrogens is 1. The van der Waals surface area contributed by atoms with Gasteiger partial charge in [-0.3, -0.25) is 0 Å². The third kappa shape index (κ3) is 2.43. The number of hydrogen-bond donors (Lipinski definition) is 2. The Morgan fingerprint density at radius 2 is 2.31 bits per heavy atom. The smallest absolute Gasteiger partial charge is 0.146 e. The fraction of sp³-hybridized carbons (Fsp3) is 0.182. The van der Waals surface area contributed by atoms with Gasteiger partial charge in [-0.05, 0) is 39.7 Å². The molecule has 0 aromatic carbocycles. The van der Waals surface area contributed by atoms with Gasteiger partial charge in [0, 0.05) is 12.6 Å². The lowest BCUT2D eigenvalue weighted by Gasteiger charge is -2.08. The second-order valence-electron chi connectivity index (χ2n) is 3.44. The van der Waals surface area contributed by atoms with Crippen LogP contribution in [0.5, 0.6) is 0 Å². The standard InChI is InChI=1S/C11H11BrN2O2/c12-8-2-4-16-11(8)9(15)5-7-1-3-14-10(13)6-7/h1-4,6,9,15H,5H2,(H2,13,14). The number of aliphatic hydroxyl groups excluding tert-OH is 1. The van der Waals surface area contributed by atoms with E-state index in [0.717, 1.165) is 10.0 Å². The molecule has 0 saturated carbocycles. The van der Waals surface area contributed by atoms with E-state index >= 15 is 0 Å². The summed E-state index contributed by atoms with van der Waals surface area (Å²) >= 11 is 3.30. The maximum Gasteiger partial charge on any atom is 0.146 e. The summed E-state index contributed by atoms with van der Waals surface area (Å²) in [6.45, 7) is 0. The average molecular weight is 283 g/mol. The summed E-state index contributed by atoms with van der Waals surface area (Å²) in [5.41, 5.74) is 6.48. The second-order valence-corrected chi connectivity index (χ2v) is 4.30. The second kappa shape index (κ2) is 4.67. The van der Waals surface area contributed by atoms with E-state index in [-0.39, 0.29) is 0 Å². The van der Waals surface area contributed by atoms with Crippen molar-refractivity contribution in [3.8, 4) is 0 Å². The Morgan fingerprint density at radius 1 is 1.50 bits per heavy atom. The predicted molar refractivity (Wildman–Crippen MR) is 63.7 cm³/mol. The first kappa shape index (κ1) is 11.2. The van der Waals surface area contributed by atoms with Crippen LogP contribution < -0.4 is 5.73 Å². The molecule has 1 atom stereocenters. The largest absolute Gasteiger partial charge is 0.465 e. The molecule has 5 heteroatoms. The molecule has 4 nitrogen and oxygen atoms in total. The van der Waals surface area contributed by atoms with Crippen LogP contribution in [0.2, 0.25) is 0 Å². The Bertz CT molecular complexity index is 484. The molecule has 0 spiro atoms. The van der Waals surface area contributed by atoms with E-state index in [9.17, 15) is 5.11 Å². The summed E-state index contributed by atoms with van der Waals surface area (Å²) in [7, 11) is 0. The average Bonchev–Trinajstić information content (AvgIpc) is 2.64. The molecule has 2 heterocycles. The lowest BCUT2D eigenvalue weighted by atomic mass is 10.1. The molecule has 2 rings (SSSR count). The summed E-state index contributed by atoms with van der Waals surface area (Å²) in [5.74, 6) is 0.971. The van der Waals surface area contributed by atoms with E-state index in [1.165, 1.54) is 6.26 Å². The normalized spacial score (nSPS) is 12.6. The third-order valence-electron chi connectivity index (χ3n) is 2.22. The van der Waals surface area contributed by atoms with Crippen LogP contribution in [0.3, 0.4) is 0 Å². The zero-order valence-electron chi connectivity index (χ0n) is 8.43. The van der Waals surface area contributed by atoms with Crippen molar-refractivity contribution in [3.05, 3.63) is 46.5 Å². The van der Waals surface area contributed by atoms with Crippen LogP contribution in [0, 0.1) is 0 Å². The summed E-state index contributed by atoms with van der Waals surface area (Å²) < 4.78 is 5.95. The number of nitrogens with two attached hydrogens (primary N) is 1. The highest BCUT2D eigenvalue weighted by molar-refractivity contribution is 9.10. The first-order chi connectivity index (χ1) is 7.66. The number of aliphatic hydroxyl groups is 1. The maximum absolute atomic E-state index is 9.95. The topological polar surface area (TPSA) is 72.3 Å². The fourth-order valence-electron chi connectivity index (χ4n) is 1.48. The molecule has 0 aliphatic rings. The molecule has 0 fully saturated rings. The molecule has 0 saturated heterocycles. The van der Waals surface area contributed by atoms with Crippen LogP contribution >= 0.6 is 15.9 Å². The van der Waals surface area contributed by atoms with Gasteiger partial charge < -0.3 is 15.3 Å². The maximum atomic E-state index is 9.95. The summed E-state index contributed by atoms with van der Waals surface area (Å²) in [6, 6.07) is 5.30. The number of nitrogen functional groups attached to an aromatic ring is 1. The lowest BCUT2D eigenvalue weighted by molar-refractivity contribution is 0.149. The highest BCUT2D eigenvalue weighted by atomic mass is 79.9. The zero-order valence-corrected chi connectivity index (χ0v) is 10.0. The van der Waals surface area contributed by atoms with E-state index in [0.29, 0.717) is 18.0 Å². The number of pyridine rings is 1. The Balaban J connectivity index is 2.14. The Labute approximate surface area is 101 Å². The minimum Gasteiger partial charge on any atom is -0.465 e. The number of nitrogens with zero attached hydrogens (tertiary/aromatic N) is 1. The van der Waals surface area contributed by atoms with Crippen LogP contribution in [0.1, 0.15) is 17.4 Å². The van der Waals surface area contributed by atoms with Crippen molar-refractivity contribution < 1.29 is 9.52 Å². The van der Waals surface area contributed by atoms with Gasteiger partial charge in [0.25, 0.3) is 0 Å². The highest BCUT2D eigenvalue weighted by Crippen LogP contribution is 2.27. The van der Waals surface area contributed by atoms with Gasteiger partial charge in [-0.15, -0.1) is 0 Å². The van der Waals surface area contributed by atoms with Crippen molar-refractivity contribution in [1.82, 2.24) is 4.98 Å². The molecule has 0 amide bonds. The number of rotatable bonds is 3. The summed E-state index contributed by atoms with van der Waals surface area (Å²) in [5, 5.41) is 9.95. The van der Waals surface area contributed by atoms with Crippen molar-refractivity contribution in [3.63, 3.8) is 0 Å². The van der Waals surface area contributed by atoms with Gasteiger partial charge in [-0.2, -0.15) is 0 Å². The number of hydrogen-bond acceptors (Lipinski definition) is 4. The molecular weight excluding hydrogens is 272 g/mol. The van der Waals surface area contributed by atoms with Crippen LogP contribution in [0.4, 0.5) is 5.82 Å². The van der Waals surface area contributed by atoms with Gasteiger partial charge in [-0.25, -0.2) is 4.98 Å². The fourth-order valence-corrected chi connectivity index (χ4v) is 1.95. The molecule has 0 aliphatic heterocycles. The molecule has 84 valence electrons. The van der Waals surface area contributed by atoms with Gasteiger partial charge in [0.2, 0.25) is 0 Å². The van der Waals surface area contributed by atoms with Crippen molar-refractivity contribution in [2.24, 2.45) is 0 Å². The number of halogens is 1. The highest BCUT2D eigenvalue weighted by Gasteiger charge is 2.15. The van der Waals surface area contributed by atoms with E-state index in [1.807, 2.05) is 6.07 Å². The molecule has 2 aromatic rings. The van der Waals surface area contributed by atoms with E-state index < -0.39 is 6.10 Å². The summed E-state index contributed by atoms with van der Waals surface area (Å²) in [6.07, 6.45) is 2.91. The van der Waals surface area contributed by atoms with Crippen molar-refractivity contribution in [2.75, 3.05) is 5.73 Å². The van der Waals surface area contributed by atoms with Crippen molar-refractivity contribution in [2.45, 2.75) is 12.5 Å². The Morgan fingerprint density at radius 3 is 2.94 bits per heavy atom. The van der Waals surface area contributed by atoms with Crippen LogP contribution in [-0.2, 0) is 6.42 Å². The molecule has 2 aromatic heterocycles. The van der Waals surface area contributed by atoms with Crippen molar-refractivity contribution in [1.29, 1.82) is 0 Å². The van der Waals surface area contributed by atoms with Crippen molar-refractivity contribution >= 4 is 21.7 Å². The van der Waals surface area contributed by atoms with Crippen LogP contribution in [0.25, 0.3) is 0 Å². The van der Waals surface area contributed by atoms with E-state index in [2.05, 4.69) is 20.9 Å². The minimum absolute atomic E-state index is 0.443. The van der Waals surface area contributed by atoms with Crippen LogP contribution in [0.15, 0.2) is 39.5 Å². The lowest BCUT2D eigenvalue weighted by Crippen LogP contribution is -2.02. The van der Waals surface area contributed by atoms with E-state index in [4.69, 9.17) is 10.2 Å². The van der Waals surface area contributed by atoms with Crippen LogP contribution in [-0.4, -0.2) is 10.1 Å². The first-order valence-corrected chi connectivity index (χ1v) is 5.57. The molecule has 0 bridgehead atoms. The zero-order chi connectivity index (χ0) is 11.5. The minimum atomic E-state index is -0.689. The number of furan rings is 1. The third-order valence-corrected chi connectivity index (χ3v) is 2.88. The SMILES string of the molecule is Nc1cc(CC(O)c2occc2Br)ccn1. The monoisotopic (exact) mass is 282 g/mol. The van der Waals surface area contributed by atoms with Gasteiger partial charge in [-0.1, -0.05) is 0 Å². The molecule has 0 radical (unpaired) electrons. The van der Waals surface area contributed by atoms with Gasteiger partial charge in [0.1, 0.15) is 17.7 Å². The molecule has 1 unspecified atom stereocenters. The Hall–Kier alpha value is -1.33. The number of anilines is 1. The first-order valence-electron chi connectivity index (χ1n) is 4.78. The predicted octanol–water partition coefficient (Wildman–Crippen LogP) is 2.30. The van der Waals surface area contributed by atoms with Gasteiger partial charge in [0.15, 0.2) is 0 Å². The van der Waals surface area contributed by atoms with E-state index in [1.54, 1.807) is 18.3 Å². The van der Waals surface area contributed by atoms with Gasteiger partial charge >= 0.3 is 0 Å².